The Morgan fingerprint density at radius 1 is 0.850 bits per heavy atom. The van der Waals surface area contributed by atoms with Crippen molar-refractivity contribution in [3.8, 4) is 0 Å². The van der Waals surface area contributed by atoms with Crippen molar-refractivity contribution in [2.45, 2.75) is 0 Å². The van der Waals surface area contributed by atoms with Crippen molar-refractivity contribution in [2.24, 2.45) is 0 Å². The average Bonchev–Trinajstić information content (AvgIpc) is 2.97. The maximum atomic E-state index is 8.49. The molecule has 6 nitrogen and oxygen atoms in total. The summed E-state index contributed by atoms with van der Waals surface area (Å²) in [4.78, 5) is 2.27. The molecule has 0 amide bonds. The number of nitrogens with zero attached hydrogens (tertiary/aromatic N) is 2. The first kappa shape index (κ1) is 16.6. The van der Waals surface area contributed by atoms with Crippen LogP contribution in [-0.2, 0) is 0 Å². The van der Waals surface area contributed by atoms with Crippen molar-refractivity contribution in [1.82, 2.24) is 4.90 Å². The summed E-state index contributed by atoms with van der Waals surface area (Å²) in [6.07, 6.45) is 19.3. The van der Waals surface area contributed by atoms with Crippen LogP contribution in [0.4, 0.5) is 0 Å². The molecule has 0 bridgehead atoms. The lowest BCUT2D eigenvalue weighted by Gasteiger charge is -2.17. The molecule has 0 N–H and O–H groups in total. The Bertz CT molecular complexity index is 412. The van der Waals surface area contributed by atoms with E-state index in [1.165, 1.54) is 0 Å². The molecule has 20 heavy (non-hydrogen) atoms. The smallest absolute Gasteiger partial charge is 0.163 e. The topological polar surface area (TPSA) is 98.5 Å². The van der Waals surface area contributed by atoms with E-state index in [2.05, 4.69) is 64.4 Å². The van der Waals surface area contributed by atoms with Crippen LogP contribution in [0.2, 0.25) is 0 Å². The Kier molecular flexibility index (Phi) is 7.21. The maximum Gasteiger partial charge on any atom is 0.163 e. The largest absolute Gasteiger partial charge is 0.370 e. The van der Waals surface area contributed by atoms with Gasteiger partial charge in [-0.2, -0.15) is 0 Å². The van der Waals surface area contributed by atoms with E-state index in [0.717, 1.165) is 26.2 Å². The third-order valence-electron chi connectivity index (χ3n) is 2.51. The summed E-state index contributed by atoms with van der Waals surface area (Å²) in [6, 6.07) is 0. The van der Waals surface area contributed by atoms with Gasteiger partial charge < -0.3 is 4.90 Å². The summed E-state index contributed by atoms with van der Waals surface area (Å²) in [5.74, 6) is 0. The molecule has 0 spiro atoms. The molecule has 2 heterocycles. The van der Waals surface area contributed by atoms with E-state index in [4.69, 9.17) is 18.6 Å². The fraction of sp³-hybridized carbons (Fsp3) is 0.308. The second kappa shape index (κ2) is 8.68. The second-order valence-electron chi connectivity index (χ2n) is 4.10. The molecule has 0 saturated heterocycles. The van der Waals surface area contributed by atoms with Crippen molar-refractivity contribution in [2.75, 3.05) is 26.2 Å². The van der Waals surface area contributed by atoms with Gasteiger partial charge in [0, 0.05) is 19.2 Å². The fourth-order valence-electron chi connectivity index (χ4n) is 1.64. The molecular weight excluding hydrogens is 284 g/mol. The molecule has 0 unspecified atom stereocenters. The van der Waals surface area contributed by atoms with Gasteiger partial charge in [-0.05, 0) is 24.4 Å². The number of allylic oxidation sites excluding steroid dienone is 3. The molecule has 110 valence electrons. The highest BCUT2D eigenvalue weighted by atomic mass is 35.7. The molecule has 2 rings (SSSR count). The summed E-state index contributed by atoms with van der Waals surface area (Å²) < 4.78 is 36.2. The Morgan fingerprint density at radius 3 is 1.95 bits per heavy atom. The highest BCUT2D eigenvalue weighted by Crippen LogP contribution is 1.98. The highest BCUT2D eigenvalue weighted by Gasteiger charge is 2.02. The lowest BCUT2D eigenvalue weighted by atomic mass is 10.4. The Morgan fingerprint density at radius 2 is 1.40 bits per heavy atom. The molecule has 2 aliphatic rings. The van der Waals surface area contributed by atoms with Gasteiger partial charge in [0.05, 0.1) is 0 Å². The van der Waals surface area contributed by atoms with Gasteiger partial charge in [-0.3, -0.25) is 0 Å². The van der Waals surface area contributed by atoms with Crippen molar-refractivity contribution < 1.29 is 33.5 Å². The number of rotatable bonds is 3. The van der Waals surface area contributed by atoms with E-state index in [1.54, 1.807) is 0 Å². The van der Waals surface area contributed by atoms with Crippen LogP contribution in [0, 0.1) is 10.2 Å². The van der Waals surface area contributed by atoms with Crippen LogP contribution < -0.4 is 18.6 Å². The van der Waals surface area contributed by atoms with Gasteiger partial charge in [-0.1, -0.05) is 18.2 Å². The van der Waals surface area contributed by atoms with E-state index in [-0.39, 0.29) is 0 Å². The van der Waals surface area contributed by atoms with Gasteiger partial charge in [-0.25, -0.2) is 23.2 Å². The van der Waals surface area contributed by atoms with Gasteiger partial charge in [-0.15, -0.1) is 10.2 Å². The zero-order chi connectivity index (χ0) is 14.8. The summed E-state index contributed by atoms with van der Waals surface area (Å²) in [6.45, 7) is 4.18. The van der Waals surface area contributed by atoms with Crippen LogP contribution in [0.3, 0.4) is 0 Å². The summed E-state index contributed by atoms with van der Waals surface area (Å²) in [5, 5.41) is 0. The SMILES string of the molecule is C(=CC=[N+]1CC=CC1)C=CN1CC=CC1.[O-][Cl+3]([O-])([O-])[O-]. The minimum atomic E-state index is -4.94. The molecular formula is C13H17ClN2O4. The summed E-state index contributed by atoms with van der Waals surface area (Å²) in [5.41, 5.74) is 0. The number of hydrogen-bond donors (Lipinski definition) is 0. The van der Waals surface area contributed by atoms with Crippen molar-refractivity contribution >= 4 is 6.21 Å². The van der Waals surface area contributed by atoms with Crippen LogP contribution in [0.15, 0.2) is 48.7 Å². The molecule has 7 heteroatoms. The molecule has 0 aromatic rings. The highest BCUT2D eigenvalue weighted by molar-refractivity contribution is 5.66. The van der Waals surface area contributed by atoms with Crippen molar-refractivity contribution in [3.63, 3.8) is 0 Å². The molecule has 0 aliphatic carbocycles. The second-order valence-corrected chi connectivity index (χ2v) is 4.86. The van der Waals surface area contributed by atoms with Crippen LogP contribution in [-0.4, -0.2) is 41.9 Å². The van der Waals surface area contributed by atoms with Gasteiger partial charge in [0.25, 0.3) is 0 Å². The maximum absolute atomic E-state index is 8.49. The minimum absolute atomic E-state index is 1.05. The molecule has 0 saturated carbocycles. The number of halogens is 1. The van der Waals surface area contributed by atoms with Gasteiger partial charge >= 0.3 is 0 Å². The first-order valence-electron chi connectivity index (χ1n) is 6.03. The first-order chi connectivity index (χ1) is 9.45. The average molecular weight is 301 g/mol. The van der Waals surface area contributed by atoms with Gasteiger partial charge in [0.1, 0.15) is 0 Å². The molecule has 0 atom stereocenters. The van der Waals surface area contributed by atoms with Gasteiger partial charge in [0.2, 0.25) is 0 Å². The monoisotopic (exact) mass is 300 g/mol. The zero-order valence-corrected chi connectivity index (χ0v) is 11.7. The number of hydrogen-bond acceptors (Lipinski definition) is 5. The third kappa shape index (κ3) is 9.48. The molecule has 0 aromatic heterocycles. The standard InChI is InChI=1S/C13H17N2.ClHO4/c1(2-8-14-10-4-5-11-14)3-9-15-12-6-7-13-15;2-1(3,4)5/h1-9H,10-13H2;(H,2,3,4,5)/q+1;/p-1. The van der Waals surface area contributed by atoms with Crippen LogP contribution >= 0.6 is 0 Å². The van der Waals surface area contributed by atoms with E-state index in [9.17, 15) is 0 Å². The first-order valence-corrected chi connectivity index (χ1v) is 7.27. The predicted molar refractivity (Wildman–Crippen MR) is 64.2 cm³/mol. The quantitative estimate of drug-likeness (QED) is 0.311. The van der Waals surface area contributed by atoms with Crippen LogP contribution in [0.1, 0.15) is 0 Å². The Labute approximate surface area is 120 Å². The lowest BCUT2D eigenvalue weighted by Crippen LogP contribution is -2.68. The van der Waals surface area contributed by atoms with E-state index in [0.29, 0.717) is 0 Å². The molecule has 0 aromatic carbocycles. The van der Waals surface area contributed by atoms with Crippen molar-refractivity contribution in [1.29, 1.82) is 0 Å². The summed E-state index contributed by atoms with van der Waals surface area (Å²) >= 11 is 0. The van der Waals surface area contributed by atoms with Crippen molar-refractivity contribution in [3.05, 3.63) is 48.7 Å². The van der Waals surface area contributed by atoms with Crippen LogP contribution in [0.5, 0.6) is 0 Å². The van der Waals surface area contributed by atoms with Crippen LogP contribution in [0.25, 0.3) is 0 Å². The fourth-order valence-corrected chi connectivity index (χ4v) is 1.64. The molecule has 0 fully saturated rings. The minimum Gasteiger partial charge on any atom is -0.370 e. The van der Waals surface area contributed by atoms with E-state index >= 15 is 0 Å². The zero-order valence-electron chi connectivity index (χ0n) is 10.9. The lowest BCUT2D eigenvalue weighted by molar-refractivity contribution is -2.00. The van der Waals surface area contributed by atoms with Gasteiger partial charge in [0.15, 0.2) is 19.3 Å². The predicted octanol–water partition coefficient (Wildman–Crippen LogP) is -3.17. The normalized spacial score (nSPS) is 18.2. The molecule has 2 aliphatic heterocycles. The summed E-state index contributed by atoms with van der Waals surface area (Å²) in [7, 11) is -4.94. The molecule has 0 radical (unpaired) electrons. The van der Waals surface area contributed by atoms with E-state index < -0.39 is 10.2 Å². The Balaban J connectivity index is 0.000000347. The third-order valence-corrected chi connectivity index (χ3v) is 2.51. The Hall–Kier alpha value is -1.44. The van der Waals surface area contributed by atoms with E-state index in [1.807, 2.05) is 0 Å².